The summed E-state index contributed by atoms with van der Waals surface area (Å²) in [6.07, 6.45) is 0. The van der Waals surface area contributed by atoms with Gasteiger partial charge < -0.3 is 5.32 Å². The first-order chi connectivity index (χ1) is 13.1. The number of aromatic nitrogens is 2. The van der Waals surface area contributed by atoms with Crippen LogP contribution in [0.1, 0.15) is 11.3 Å². The highest BCUT2D eigenvalue weighted by molar-refractivity contribution is 5.77. The van der Waals surface area contributed by atoms with Gasteiger partial charge in [-0.25, -0.2) is 4.98 Å². The van der Waals surface area contributed by atoms with Crippen LogP contribution in [0.5, 0.6) is 0 Å². The summed E-state index contributed by atoms with van der Waals surface area (Å²) < 4.78 is 2.07. The predicted molar refractivity (Wildman–Crippen MR) is 106 cm³/mol. The van der Waals surface area contributed by atoms with Crippen LogP contribution in [0.2, 0.25) is 0 Å². The molecule has 0 bridgehead atoms. The maximum Gasteiger partial charge on any atom is 0.269 e. The van der Waals surface area contributed by atoms with E-state index >= 15 is 0 Å². The summed E-state index contributed by atoms with van der Waals surface area (Å²) in [6.45, 7) is 2.69. The van der Waals surface area contributed by atoms with E-state index in [2.05, 4.69) is 21.9 Å². The summed E-state index contributed by atoms with van der Waals surface area (Å²) in [5.41, 5.74) is 4.73. The molecule has 0 amide bonds. The number of imidazole rings is 1. The summed E-state index contributed by atoms with van der Waals surface area (Å²) >= 11 is 0. The van der Waals surface area contributed by atoms with Crippen LogP contribution in [-0.4, -0.2) is 14.3 Å². The van der Waals surface area contributed by atoms with Crippen molar-refractivity contribution in [3.63, 3.8) is 0 Å². The summed E-state index contributed by atoms with van der Waals surface area (Å²) in [5.74, 6) is 0.876. The minimum atomic E-state index is -0.397. The van der Waals surface area contributed by atoms with Crippen molar-refractivity contribution >= 4 is 17.2 Å². The fraction of sp³-hybridized carbons (Fsp3) is 0.0952. The molecule has 2 aromatic heterocycles. The molecule has 134 valence electrons. The molecule has 4 rings (SSSR count). The zero-order chi connectivity index (χ0) is 18.8. The third kappa shape index (κ3) is 3.25. The number of non-ortho nitro benzene ring substituents is 1. The van der Waals surface area contributed by atoms with Gasteiger partial charge in [0.05, 0.1) is 4.92 Å². The lowest BCUT2D eigenvalue weighted by Crippen LogP contribution is -2.04. The smallest absolute Gasteiger partial charge is 0.269 e. The van der Waals surface area contributed by atoms with E-state index in [0.717, 1.165) is 34.0 Å². The van der Waals surface area contributed by atoms with Gasteiger partial charge in [-0.05, 0) is 36.8 Å². The van der Waals surface area contributed by atoms with Crippen LogP contribution in [0.15, 0.2) is 72.8 Å². The van der Waals surface area contributed by atoms with Crippen LogP contribution in [0.3, 0.4) is 0 Å². The summed E-state index contributed by atoms with van der Waals surface area (Å²) in [6, 6.07) is 22.6. The molecule has 0 saturated heterocycles. The van der Waals surface area contributed by atoms with Gasteiger partial charge in [-0.1, -0.05) is 36.4 Å². The number of nitro groups is 1. The molecule has 0 atom stereocenters. The number of fused-ring (bicyclic) bond motifs is 1. The summed E-state index contributed by atoms with van der Waals surface area (Å²) in [4.78, 5) is 15.3. The Kier molecular flexibility index (Phi) is 4.30. The molecule has 0 aliphatic carbocycles. The van der Waals surface area contributed by atoms with E-state index in [1.807, 2.05) is 43.3 Å². The average molecular weight is 358 g/mol. The average Bonchev–Trinajstić information content (AvgIpc) is 3.07. The minimum Gasteiger partial charge on any atom is -0.365 e. The highest BCUT2D eigenvalue weighted by atomic mass is 16.6. The lowest BCUT2D eigenvalue weighted by atomic mass is 10.1. The first-order valence-electron chi connectivity index (χ1n) is 8.64. The Labute approximate surface area is 156 Å². The lowest BCUT2D eigenvalue weighted by Gasteiger charge is -2.11. The molecule has 27 heavy (non-hydrogen) atoms. The molecule has 6 heteroatoms. The highest BCUT2D eigenvalue weighted by Gasteiger charge is 2.16. The number of benzene rings is 2. The first-order valence-corrected chi connectivity index (χ1v) is 8.64. The largest absolute Gasteiger partial charge is 0.365 e. The third-order valence-corrected chi connectivity index (χ3v) is 4.49. The number of rotatable bonds is 5. The molecule has 2 aromatic carbocycles. The molecular weight excluding hydrogens is 340 g/mol. The fourth-order valence-corrected chi connectivity index (χ4v) is 3.14. The van der Waals surface area contributed by atoms with Crippen LogP contribution in [-0.2, 0) is 6.54 Å². The Morgan fingerprint density at radius 1 is 1.00 bits per heavy atom. The molecule has 0 aliphatic heterocycles. The molecule has 0 aliphatic rings. The SMILES string of the molecule is Cc1cccc2nc(-c3ccc([N+](=O)[O-])cc3)c(NCc3ccccc3)n12. The van der Waals surface area contributed by atoms with Crippen molar-refractivity contribution in [2.75, 3.05) is 5.32 Å². The number of nitro benzene ring substituents is 1. The molecule has 0 unspecified atom stereocenters. The van der Waals surface area contributed by atoms with Gasteiger partial charge >= 0.3 is 0 Å². The van der Waals surface area contributed by atoms with Crippen LogP contribution in [0, 0.1) is 17.0 Å². The second-order valence-electron chi connectivity index (χ2n) is 6.31. The van der Waals surface area contributed by atoms with E-state index in [1.54, 1.807) is 12.1 Å². The molecule has 4 aromatic rings. The van der Waals surface area contributed by atoms with Crippen LogP contribution in [0.25, 0.3) is 16.9 Å². The standard InChI is InChI=1S/C21H18N4O2/c1-15-6-5-9-19-23-20(17-10-12-18(13-11-17)25(26)27)21(24(15)19)22-14-16-7-3-2-4-8-16/h2-13,22H,14H2,1H3. The Hall–Kier alpha value is -3.67. The lowest BCUT2D eigenvalue weighted by molar-refractivity contribution is -0.384. The minimum absolute atomic E-state index is 0.0671. The van der Waals surface area contributed by atoms with Crippen LogP contribution < -0.4 is 5.32 Å². The number of anilines is 1. The number of pyridine rings is 1. The molecule has 0 spiro atoms. The Morgan fingerprint density at radius 3 is 2.44 bits per heavy atom. The van der Waals surface area contributed by atoms with Crippen molar-refractivity contribution in [2.24, 2.45) is 0 Å². The topological polar surface area (TPSA) is 72.5 Å². The van der Waals surface area contributed by atoms with E-state index in [9.17, 15) is 10.1 Å². The monoisotopic (exact) mass is 358 g/mol. The molecule has 2 heterocycles. The first kappa shape index (κ1) is 16.8. The van der Waals surface area contributed by atoms with Crippen molar-refractivity contribution in [3.05, 3.63) is 94.2 Å². The van der Waals surface area contributed by atoms with Crippen molar-refractivity contribution in [1.82, 2.24) is 9.38 Å². The number of nitrogens with zero attached hydrogens (tertiary/aromatic N) is 3. The van der Waals surface area contributed by atoms with Gasteiger partial charge in [-0.2, -0.15) is 0 Å². The number of nitrogens with one attached hydrogen (secondary N) is 1. The molecule has 0 saturated carbocycles. The molecule has 0 fully saturated rings. The van der Waals surface area contributed by atoms with E-state index in [4.69, 9.17) is 4.98 Å². The van der Waals surface area contributed by atoms with Gasteiger partial charge in [0.1, 0.15) is 17.2 Å². The maximum absolute atomic E-state index is 10.9. The number of aryl methyl sites for hydroxylation is 1. The maximum atomic E-state index is 10.9. The normalized spacial score (nSPS) is 10.9. The summed E-state index contributed by atoms with van der Waals surface area (Å²) in [7, 11) is 0. The van der Waals surface area contributed by atoms with Gasteiger partial charge in [0.15, 0.2) is 0 Å². The van der Waals surface area contributed by atoms with Crippen molar-refractivity contribution in [2.45, 2.75) is 13.5 Å². The van der Waals surface area contributed by atoms with Crippen LogP contribution >= 0.6 is 0 Å². The van der Waals surface area contributed by atoms with Crippen molar-refractivity contribution in [1.29, 1.82) is 0 Å². The van der Waals surface area contributed by atoms with Gasteiger partial charge in [0.25, 0.3) is 5.69 Å². The van der Waals surface area contributed by atoms with Crippen molar-refractivity contribution < 1.29 is 4.92 Å². The van der Waals surface area contributed by atoms with E-state index in [-0.39, 0.29) is 5.69 Å². The van der Waals surface area contributed by atoms with Gasteiger partial charge in [-0.3, -0.25) is 14.5 Å². The quantitative estimate of drug-likeness (QED) is 0.410. The number of hydrogen-bond acceptors (Lipinski definition) is 4. The van der Waals surface area contributed by atoms with Gasteiger partial charge in [0, 0.05) is 29.9 Å². The highest BCUT2D eigenvalue weighted by Crippen LogP contribution is 2.31. The Balaban J connectivity index is 1.79. The predicted octanol–water partition coefficient (Wildman–Crippen LogP) is 4.83. The molecule has 0 radical (unpaired) electrons. The second kappa shape index (κ2) is 6.92. The van der Waals surface area contributed by atoms with Gasteiger partial charge in [-0.15, -0.1) is 0 Å². The van der Waals surface area contributed by atoms with Crippen molar-refractivity contribution in [3.8, 4) is 11.3 Å². The molecular formula is C21H18N4O2. The zero-order valence-electron chi connectivity index (χ0n) is 14.8. The molecule has 1 N–H and O–H groups in total. The zero-order valence-corrected chi connectivity index (χ0v) is 14.8. The fourth-order valence-electron chi connectivity index (χ4n) is 3.14. The van der Waals surface area contributed by atoms with E-state index in [0.29, 0.717) is 6.54 Å². The third-order valence-electron chi connectivity index (χ3n) is 4.49. The summed E-state index contributed by atoms with van der Waals surface area (Å²) in [5, 5.41) is 14.4. The van der Waals surface area contributed by atoms with Gasteiger partial charge in [0.2, 0.25) is 0 Å². The number of hydrogen-bond donors (Lipinski definition) is 1. The Morgan fingerprint density at radius 2 is 1.74 bits per heavy atom. The second-order valence-corrected chi connectivity index (χ2v) is 6.31. The Bertz CT molecular complexity index is 1100. The molecule has 6 nitrogen and oxygen atoms in total. The van der Waals surface area contributed by atoms with E-state index < -0.39 is 4.92 Å². The van der Waals surface area contributed by atoms with E-state index in [1.165, 1.54) is 12.1 Å². The van der Waals surface area contributed by atoms with Crippen LogP contribution in [0.4, 0.5) is 11.5 Å².